The summed E-state index contributed by atoms with van der Waals surface area (Å²) in [7, 11) is 5.98. The van der Waals surface area contributed by atoms with E-state index in [0.717, 1.165) is 6.92 Å². The molecule has 512 valence electrons. The van der Waals surface area contributed by atoms with E-state index in [2.05, 4.69) is 20.3 Å². The number of benzene rings is 6. The normalized spacial score (nSPS) is 19.3. The fourth-order valence-electron chi connectivity index (χ4n) is 12.4. The lowest BCUT2D eigenvalue weighted by molar-refractivity contribution is -0.157. The Balaban J connectivity index is 0.000000161. The summed E-state index contributed by atoms with van der Waals surface area (Å²) >= 11 is 36.2. The average Bonchev–Trinajstić information content (AvgIpc) is 1.59. The Morgan fingerprint density at radius 1 is 0.444 bits per heavy atom. The molecule has 9 aromatic rings. The number of carbonyl (C=O) groups is 5. The predicted molar refractivity (Wildman–Crippen MR) is 372 cm³/mol. The summed E-state index contributed by atoms with van der Waals surface area (Å²) in [5.74, 6) is -3.04. The monoisotopic (exact) mass is 1460 g/mol. The Kier molecular flexibility index (Phi) is 21.5. The lowest BCUT2D eigenvalue weighted by Gasteiger charge is -2.38. The van der Waals surface area contributed by atoms with Gasteiger partial charge < -0.3 is 45.1 Å². The molecule has 12 rings (SSSR count). The number of fused-ring (bicyclic) bond motifs is 3. The lowest BCUT2D eigenvalue weighted by Crippen LogP contribution is -2.45. The van der Waals surface area contributed by atoms with Crippen molar-refractivity contribution in [3.63, 3.8) is 0 Å². The molecular weight excluding hydrogens is 1400 g/mol. The lowest BCUT2D eigenvalue weighted by atomic mass is 9.88. The molecule has 3 unspecified atom stereocenters. The van der Waals surface area contributed by atoms with Crippen LogP contribution in [0.5, 0.6) is 0 Å². The first-order chi connectivity index (χ1) is 47.0. The van der Waals surface area contributed by atoms with Gasteiger partial charge in [-0.25, -0.2) is 4.79 Å². The van der Waals surface area contributed by atoms with Crippen LogP contribution < -0.4 is 5.32 Å². The topological polar surface area (TPSA) is 275 Å². The molecule has 4 amide bonds. The van der Waals surface area contributed by atoms with Crippen LogP contribution in [0.2, 0.25) is 30.1 Å². The minimum Gasteiger partial charge on any atom is -0.479 e. The van der Waals surface area contributed by atoms with Crippen molar-refractivity contribution >= 4 is 99.2 Å². The molecule has 0 spiro atoms. The Bertz CT molecular complexity index is 4540. The number of hydrogen-bond donors (Lipinski definition) is 6. The van der Waals surface area contributed by atoms with Gasteiger partial charge in [0.05, 0.1) is 58.4 Å². The number of halogens is 6. The first-order valence-corrected chi connectivity index (χ1v) is 32.6. The van der Waals surface area contributed by atoms with Gasteiger partial charge in [-0.1, -0.05) is 142 Å². The highest BCUT2D eigenvalue weighted by molar-refractivity contribution is 6.32. The molecule has 0 aliphatic carbocycles. The molecule has 99 heavy (non-hydrogen) atoms. The highest BCUT2D eigenvalue weighted by atomic mass is 35.5. The number of carboxylic acids is 1. The van der Waals surface area contributed by atoms with Crippen molar-refractivity contribution in [3.8, 4) is 0 Å². The number of carbonyl (C=O) groups excluding carboxylic acids is 4. The maximum Gasteiger partial charge on any atom is 0.340 e. The molecule has 6 N–H and O–H groups in total. The first-order valence-electron chi connectivity index (χ1n) is 30.4. The highest BCUT2D eigenvalue weighted by Gasteiger charge is 2.55. The number of aliphatic hydroxyl groups is 4. The van der Waals surface area contributed by atoms with E-state index in [1.54, 1.807) is 143 Å². The van der Waals surface area contributed by atoms with Gasteiger partial charge in [0.25, 0.3) is 23.6 Å². The number of likely N-dealkylation sites (N-methyl/N-ethyl adjacent to an activating group) is 1. The number of aliphatic hydroxyl groups excluding tert-OH is 1. The van der Waals surface area contributed by atoms with Gasteiger partial charge in [0.2, 0.25) is 0 Å². The summed E-state index contributed by atoms with van der Waals surface area (Å²) in [6, 6.07) is 45.7. The number of rotatable bonds is 18. The summed E-state index contributed by atoms with van der Waals surface area (Å²) in [6.45, 7) is 3.93. The largest absolute Gasteiger partial charge is 0.479 e. The zero-order chi connectivity index (χ0) is 71.7. The van der Waals surface area contributed by atoms with E-state index >= 15 is 0 Å². The molecule has 6 atom stereocenters. The highest BCUT2D eigenvalue weighted by Crippen LogP contribution is 2.50. The van der Waals surface area contributed by atoms with Crippen molar-refractivity contribution in [3.05, 3.63) is 296 Å². The number of carboxylic acid groups (broad SMARTS) is 1. The van der Waals surface area contributed by atoms with Crippen LogP contribution in [0, 0.1) is 0 Å². The van der Waals surface area contributed by atoms with E-state index < -0.39 is 58.4 Å². The van der Waals surface area contributed by atoms with Gasteiger partial charge in [0, 0.05) is 112 Å². The standard InChI is InChI=1S/C25H23Cl2N3O4.C24H20Cl2N2O5.C24H22Cl2N2O4/c1-24(33,23(32)28-2)16-6-11-21-20(12-16)22(31)30(14-19-10-9-18(27)13-29-19)25(21,34-3)15-4-7-17(26)8-5-15;1-23(32,22(30)31)15-5-10-20-19(11-15)21(29)28(13-18-9-8-17(26)12-27-18)24(20,33-2)14-3-6-16(25)7-4-14;1-23(31,14-29)16-5-10-21-20(11-16)22(30)28(13-19-9-8-18(26)12-27-19)24(21,32-2)15-3-6-17(25)7-4-15/h4-13,33H,14H2,1-3H3,(H,28,32);3-12,32H,13H2,1-2H3,(H,30,31);3-12,29,31H,13-14H2,1-2H3/t24?,25-;2*23?,24-/m111/s1. The summed E-state index contributed by atoms with van der Waals surface area (Å²) in [6.07, 6.45) is 4.53. The van der Waals surface area contributed by atoms with E-state index in [1.165, 1.54) is 83.9 Å². The SMILES string of the molecule is CNC(=O)C(C)(O)c1ccc2c(c1)C(=O)N(Cc1ccc(Cl)cn1)[C@@]2(OC)c1ccc(Cl)cc1.CO[C@]1(c2ccc(Cl)cc2)c2ccc(C(C)(O)C(=O)O)cc2C(=O)N1Cc1ccc(Cl)cn1.CO[C@]1(c2ccc(Cl)cc2)c2ccc(C(C)(O)CO)cc2C(=O)N1Cc1ccc(Cl)cn1. The number of ether oxygens (including phenoxy) is 3. The second-order valence-corrected chi connectivity index (χ2v) is 26.5. The number of hydrogen-bond acceptors (Lipinski definition) is 15. The van der Waals surface area contributed by atoms with Gasteiger partial charge in [0.15, 0.2) is 28.4 Å². The molecular formula is C73H65Cl6N7O13. The zero-order valence-corrected chi connectivity index (χ0v) is 58.6. The molecule has 3 aromatic heterocycles. The third kappa shape index (κ3) is 13.6. The minimum absolute atomic E-state index is 0.0784. The van der Waals surface area contributed by atoms with Crippen molar-refractivity contribution < 1.29 is 63.7 Å². The number of aliphatic carboxylic acids is 1. The van der Waals surface area contributed by atoms with E-state index in [9.17, 15) is 49.5 Å². The summed E-state index contributed by atoms with van der Waals surface area (Å²) in [4.78, 5) is 82.6. The van der Waals surface area contributed by atoms with E-state index in [1.807, 2.05) is 12.1 Å². The van der Waals surface area contributed by atoms with Crippen molar-refractivity contribution in [1.29, 1.82) is 0 Å². The van der Waals surface area contributed by atoms with Gasteiger partial charge in [-0.3, -0.25) is 48.8 Å². The Labute approximate surface area is 599 Å². The van der Waals surface area contributed by atoms with Gasteiger partial charge >= 0.3 is 5.97 Å². The number of pyridine rings is 3. The van der Waals surface area contributed by atoms with E-state index in [4.69, 9.17) is 83.8 Å². The third-order valence-corrected chi connectivity index (χ3v) is 19.2. The van der Waals surface area contributed by atoms with Gasteiger partial charge in [0.1, 0.15) is 5.60 Å². The predicted octanol–water partition coefficient (Wildman–Crippen LogP) is 12.1. The fourth-order valence-corrected chi connectivity index (χ4v) is 13.1. The van der Waals surface area contributed by atoms with E-state index in [0.29, 0.717) is 97.3 Å². The molecule has 0 bridgehead atoms. The second kappa shape index (κ2) is 29.0. The fraction of sp³-hybridized carbons (Fsp3) is 0.233. The van der Waals surface area contributed by atoms with Crippen molar-refractivity contribution in [1.82, 2.24) is 35.0 Å². The number of aromatic nitrogens is 3. The van der Waals surface area contributed by atoms with Crippen LogP contribution >= 0.6 is 69.6 Å². The maximum atomic E-state index is 13.8. The quantitative estimate of drug-likeness (QED) is 0.0466. The molecule has 6 heterocycles. The van der Waals surface area contributed by atoms with Crippen LogP contribution in [0.3, 0.4) is 0 Å². The van der Waals surface area contributed by atoms with Crippen LogP contribution in [-0.2, 0) is 77.4 Å². The Morgan fingerprint density at radius 2 is 0.727 bits per heavy atom. The number of nitrogens with zero attached hydrogens (tertiary/aromatic N) is 6. The van der Waals surface area contributed by atoms with Crippen LogP contribution in [0.15, 0.2) is 182 Å². The zero-order valence-electron chi connectivity index (χ0n) is 54.1. The Hall–Kier alpha value is -8.42. The van der Waals surface area contributed by atoms with Crippen molar-refractivity contribution in [2.45, 2.75) is 74.4 Å². The van der Waals surface area contributed by atoms with Crippen LogP contribution in [0.25, 0.3) is 0 Å². The molecule has 20 nitrogen and oxygen atoms in total. The summed E-state index contributed by atoms with van der Waals surface area (Å²) in [5, 5.41) is 56.3. The van der Waals surface area contributed by atoms with Crippen LogP contribution in [0.1, 0.15) is 119 Å². The number of amides is 4. The second-order valence-electron chi connectivity index (χ2n) is 23.9. The molecule has 26 heteroatoms. The molecule has 6 aromatic carbocycles. The number of methoxy groups -OCH3 is 3. The molecule has 0 radical (unpaired) electrons. The van der Waals surface area contributed by atoms with E-state index in [-0.39, 0.29) is 48.1 Å². The smallest absolute Gasteiger partial charge is 0.340 e. The Morgan fingerprint density at radius 3 is 0.990 bits per heavy atom. The molecule has 0 saturated heterocycles. The van der Waals surface area contributed by atoms with Gasteiger partial charge in [-0.05, 0) is 128 Å². The molecule has 0 saturated carbocycles. The molecule has 0 fully saturated rings. The summed E-state index contributed by atoms with van der Waals surface area (Å²) < 4.78 is 18.2. The van der Waals surface area contributed by atoms with Gasteiger partial charge in [-0.2, -0.15) is 0 Å². The minimum atomic E-state index is -2.17. The molecule has 3 aliphatic rings. The van der Waals surface area contributed by atoms with Crippen molar-refractivity contribution in [2.75, 3.05) is 35.0 Å². The maximum absolute atomic E-state index is 13.8. The molecule has 3 aliphatic heterocycles. The third-order valence-electron chi connectivity index (χ3n) is 17.8. The number of nitrogens with one attached hydrogen (secondary N) is 1. The van der Waals surface area contributed by atoms with Gasteiger partial charge in [-0.15, -0.1) is 0 Å². The van der Waals surface area contributed by atoms with Crippen LogP contribution in [-0.4, -0.2) is 120 Å². The summed E-state index contributed by atoms with van der Waals surface area (Å²) in [5.41, 5.74) is -2.05. The average molecular weight is 1460 g/mol. The van der Waals surface area contributed by atoms with Crippen molar-refractivity contribution in [2.24, 2.45) is 0 Å². The first kappa shape index (κ1) is 73.3. The van der Waals surface area contributed by atoms with Crippen LogP contribution in [0.4, 0.5) is 0 Å².